The summed E-state index contributed by atoms with van der Waals surface area (Å²) in [6.45, 7) is 0. The number of rotatable bonds is 5. The third-order valence-corrected chi connectivity index (χ3v) is 3.04. The highest BCUT2D eigenvalue weighted by atomic mass is 19.4. The summed E-state index contributed by atoms with van der Waals surface area (Å²) < 4.78 is 195. The monoisotopic (exact) mass is 461 g/mol. The smallest absolute Gasteiger partial charge is 0.423 e. The van der Waals surface area contributed by atoms with Crippen LogP contribution in [0.2, 0.25) is 0 Å². The summed E-state index contributed by atoms with van der Waals surface area (Å²) in [7, 11) is 0. The SMILES string of the molecule is Nc1c(F)c(F)c(F)c(OC(F)=C(F)C(F)(F)C(F)(F)C(F)(F)C(F)(F)F)c1F. The number of hydrogen-bond donors (Lipinski definition) is 1. The van der Waals surface area contributed by atoms with Crippen molar-refractivity contribution in [2.45, 2.75) is 23.9 Å². The molecule has 0 bridgehead atoms. The van der Waals surface area contributed by atoms with Gasteiger partial charge in [0.25, 0.3) is 0 Å². The second-order valence-electron chi connectivity index (χ2n) is 4.91. The number of allylic oxidation sites excluding steroid dienone is 1. The van der Waals surface area contributed by atoms with Crippen molar-refractivity contribution in [1.82, 2.24) is 0 Å². The molecule has 17 heteroatoms. The molecule has 1 aromatic carbocycles. The van der Waals surface area contributed by atoms with Gasteiger partial charge in [-0.25, -0.2) is 13.2 Å². The molecule has 0 aromatic heterocycles. The van der Waals surface area contributed by atoms with Gasteiger partial charge >= 0.3 is 30.0 Å². The molecule has 0 aliphatic rings. The lowest BCUT2D eigenvalue weighted by molar-refractivity contribution is -0.392. The van der Waals surface area contributed by atoms with Gasteiger partial charge in [0.2, 0.25) is 23.2 Å². The molecule has 0 atom stereocenters. The van der Waals surface area contributed by atoms with Crippen molar-refractivity contribution in [2.75, 3.05) is 5.73 Å². The van der Waals surface area contributed by atoms with E-state index >= 15 is 0 Å². The molecule has 0 radical (unpaired) electrons. The average Bonchev–Trinajstić information content (AvgIpc) is 2.59. The van der Waals surface area contributed by atoms with E-state index in [2.05, 4.69) is 10.5 Å². The van der Waals surface area contributed by atoms with Crippen LogP contribution in [0.15, 0.2) is 11.8 Å². The molecule has 0 fully saturated rings. The highest BCUT2D eigenvalue weighted by Crippen LogP contribution is 2.55. The zero-order valence-electron chi connectivity index (χ0n) is 12.7. The third kappa shape index (κ3) is 3.61. The maximum atomic E-state index is 13.4. The molecule has 0 amide bonds. The predicted octanol–water partition coefficient (Wildman–Crippen LogP) is 5.78. The van der Waals surface area contributed by atoms with Gasteiger partial charge in [0.15, 0.2) is 11.6 Å². The van der Waals surface area contributed by atoms with Gasteiger partial charge < -0.3 is 10.5 Å². The molecule has 0 saturated heterocycles. The predicted molar refractivity (Wildman–Crippen MR) is 61.5 cm³/mol. The van der Waals surface area contributed by atoms with Crippen molar-refractivity contribution in [3.05, 3.63) is 35.1 Å². The van der Waals surface area contributed by atoms with E-state index in [4.69, 9.17) is 0 Å². The van der Waals surface area contributed by atoms with Crippen molar-refractivity contribution < 1.29 is 70.6 Å². The van der Waals surface area contributed by atoms with Crippen LogP contribution in [0, 0.1) is 23.3 Å². The molecule has 0 unspecified atom stereocenters. The molecule has 166 valence electrons. The van der Waals surface area contributed by atoms with E-state index in [9.17, 15) is 65.9 Å². The van der Waals surface area contributed by atoms with Gasteiger partial charge in [-0.2, -0.15) is 52.7 Å². The van der Waals surface area contributed by atoms with Gasteiger partial charge in [0.05, 0.1) is 0 Å². The lowest BCUT2D eigenvalue weighted by Gasteiger charge is -2.32. The van der Waals surface area contributed by atoms with Crippen molar-refractivity contribution in [2.24, 2.45) is 0 Å². The minimum Gasteiger partial charge on any atom is -0.423 e. The molecule has 0 spiro atoms. The summed E-state index contributed by atoms with van der Waals surface area (Å²) in [5.41, 5.74) is 2.50. The van der Waals surface area contributed by atoms with E-state index in [0.717, 1.165) is 0 Å². The summed E-state index contributed by atoms with van der Waals surface area (Å²) in [5.74, 6) is -40.5. The fraction of sp³-hybridized carbons (Fsp3) is 0.333. The van der Waals surface area contributed by atoms with Gasteiger partial charge in [0.1, 0.15) is 5.69 Å². The number of hydrogen-bond acceptors (Lipinski definition) is 2. The van der Waals surface area contributed by atoms with E-state index < -0.39 is 70.5 Å². The Hall–Kier alpha value is -2.49. The first-order valence-corrected chi connectivity index (χ1v) is 6.28. The van der Waals surface area contributed by atoms with Crippen LogP contribution in [0.3, 0.4) is 0 Å². The van der Waals surface area contributed by atoms with Gasteiger partial charge in [-0.05, 0) is 0 Å². The fourth-order valence-corrected chi connectivity index (χ4v) is 1.49. The normalized spacial score (nSPS) is 14.7. The summed E-state index contributed by atoms with van der Waals surface area (Å²) >= 11 is 0. The number of ether oxygens (including phenoxy) is 1. The highest BCUT2D eigenvalue weighted by Gasteiger charge is 2.83. The van der Waals surface area contributed by atoms with Crippen molar-refractivity contribution >= 4 is 5.69 Å². The minimum absolute atomic E-state index is 2.01. The molecule has 1 rings (SSSR count). The Kier molecular flexibility index (Phi) is 6.00. The Morgan fingerprint density at radius 3 is 1.52 bits per heavy atom. The lowest BCUT2D eigenvalue weighted by Crippen LogP contribution is -2.61. The Balaban J connectivity index is 3.55. The number of alkyl halides is 9. The zero-order valence-corrected chi connectivity index (χ0v) is 12.7. The van der Waals surface area contributed by atoms with Crippen LogP contribution in [-0.2, 0) is 0 Å². The maximum Gasteiger partial charge on any atom is 0.460 e. The maximum absolute atomic E-state index is 13.4. The number of nitrogens with two attached hydrogens (primary N) is 1. The third-order valence-electron chi connectivity index (χ3n) is 3.04. The van der Waals surface area contributed by atoms with Crippen molar-refractivity contribution in [3.8, 4) is 5.75 Å². The summed E-state index contributed by atoms with van der Waals surface area (Å²) in [6, 6.07) is -3.89. The van der Waals surface area contributed by atoms with Gasteiger partial charge in [0, 0.05) is 0 Å². The molecule has 0 heterocycles. The van der Waals surface area contributed by atoms with E-state index in [0.29, 0.717) is 0 Å². The quantitative estimate of drug-likeness (QED) is 0.199. The van der Waals surface area contributed by atoms with E-state index in [1.807, 2.05) is 0 Å². The number of benzene rings is 1. The van der Waals surface area contributed by atoms with E-state index in [-0.39, 0.29) is 0 Å². The van der Waals surface area contributed by atoms with Crippen LogP contribution in [0.25, 0.3) is 0 Å². The number of halogens is 15. The van der Waals surface area contributed by atoms with Crippen LogP contribution in [-0.4, -0.2) is 23.9 Å². The molecular formula is C12H2F15NO. The van der Waals surface area contributed by atoms with Crippen molar-refractivity contribution in [3.63, 3.8) is 0 Å². The first-order valence-electron chi connectivity index (χ1n) is 6.28. The molecule has 29 heavy (non-hydrogen) atoms. The van der Waals surface area contributed by atoms with Crippen LogP contribution >= 0.6 is 0 Å². The van der Waals surface area contributed by atoms with Crippen LogP contribution in [0.1, 0.15) is 0 Å². The summed E-state index contributed by atoms with van der Waals surface area (Å²) in [4.78, 5) is 0. The molecule has 0 saturated carbocycles. The van der Waals surface area contributed by atoms with Crippen LogP contribution in [0.4, 0.5) is 71.5 Å². The molecule has 0 aliphatic carbocycles. The molecule has 1 aromatic rings. The summed E-state index contributed by atoms with van der Waals surface area (Å²) in [5, 5.41) is 0. The van der Waals surface area contributed by atoms with Crippen LogP contribution in [0.5, 0.6) is 5.75 Å². The Bertz CT molecular complexity index is 812. The lowest BCUT2D eigenvalue weighted by atomic mass is 10.0. The summed E-state index contributed by atoms with van der Waals surface area (Å²) in [6.07, 6.45) is -7.38. The average molecular weight is 461 g/mol. The molecule has 2 N–H and O–H groups in total. The standard InChI is InChI=1S/C12H2F15NO/c13-1-2(14)5(28)4(16)6(3(1)15)29-8(18)7(17)9(19,20)10(21,22)11(23,24)12(25,26)27/h28H2. The van der Waals surface area contributed by atoms with Gasteiger partial charge in [-0.3, -0.25) is 0 Å². The molecular weight excluding hydrogens is 459 g/mol. The topological polar surface area (TPSA) is 35.2 Å². The van der Waals surface area contributed by atoms with E-state index in [1.165, 1.54) is 0 Å². The van der Waals surface area contributed by atoms with Gasteiger partial charge in [-0.1, -0.05) is 0 Å². The fourth-order valence-electron chi connectivity index (χ4n) is 1.49. The zero-order chi connectivity index (χ0) is 23.3. The van der Waals surface area contributed by atoms with Crippen molar-refractivity contribution in [1.29, 1.82) is 0 Å². The van der Waals surface area contributed by atoms with E-state index in [1.54, 1.807) is 0 Å². The highest BCUT2D eigenvalue weighted by molar-refractivity contribution is 5.49. The largest absolute Gasteiger partial charge is 0.460 e. The second-order valence-corrected chi connectivity index (χ2v) is 4.91. The van der Waals surface area contributed by atoms with Gasteiger partial charge in [-0.15, -0.1) is 0 Å². The minimum atomic E-state index is -7.69. The first kappa shape index (κ1) is 24.5. The first-order chi connectivity index (χ1) is 12.7. The number of nitrogen functional groups attached to an aromatic ring is 1. The molecule has 0 aliphatic heterocycles. The Morgan fingerprint density at radius 2 is 1.10 bits per heavy atom. The number of anilines is 1. The Labute approximate surface area is 148 Å². The Morgan fingerprint density at radius 1 is 0.655 bits per heavy atom. The second kappa shape index (κ2) is 7.08. The van der Waals surface area contributed by atoms with Crippen LogP contribution < -0.4 is 10.5 Å². The molecule has 2 nitrogen and oxygen atoms in total.